The molecule has 0 heterocycles. The summed E-state index contributed by atoms with van der Waals surface area (Å²) in [6, 6.07) is 4.23. The average molecular weight is 613 g/mol. The molecule has 0 radical (unpaired) electrons. The first-order valence-corrected chi connectivity index (χ1v) is 14.9. The van der Waals surface area contributed by atoms with Crippen molar-refractivity contribution in [3.05, 3.63) is 0 Å². The normalized spacial score (nSPS) is 12.4. The van der Waals surface area contributed by atoms with Crippen LogP contribution in [0.3, 0.4) is 0 Å². The highest BCUT2D eigenvalue weighted by Crippen LogP contribution is 2.34. The van der Waals surface area contributed by atoms with Gasteiger partial charge in [0.2, 0.25) is 0 Å². The Morgan fingerprint density at radius 2 is 1.31 bits per heavy atom. The maximum atomic E-state index is 10.2. The zero-order valence-corrected chi connectivity index (χ0v) is 25.4. The third-order valence-corrected chi connectivity index (χ3v) is 9.83. The molecule has 16 heteroatoms. The van der Waals surface area contributed by atoms with Gasteiger partial charge in [0.15, 0.2) is 11.1 Å². The van der Waals surface area contributed by atoms with Crippen LogP contribution in [0, 0.1) is 22.7 Å². The number of rotatable bonds is 9. The Morgan fingerprint density at radius 1 is 0.889 bits per heavy atom. The number of carbonyl (C=O) groups excluding carboxylic acids is 4. The van der Waals surface area contributed by atoms with Crippen molar-refractivity contribution in [3.63, 3.8) is 0 Å². The number of nitrogens with zero attached hydrogens (tertiary/aromatic N) is 4. The molecule has 0 aromatic rings. The largest absolute Gasteiger partial charge is 0.481 e. The fourth-order valence-electron chi connectivity index (χ4n) is 1.46. The Labute approximate surface area is 238 Å². The Morgan fingerprint density at radius 3 is 1.64 bits per heavy atom. The smallest absolute Gasteiger partial charge is 0.373 e. The minimum atomic E-state index is -0.800. The van der Waals surface area contributed by atoms with Gasteiger partial charge in [-0.1, -0.05) is 51.6 Å². The van der Waals surface area contributed by atoms with Gasteiger partial charge >= 0.3 is 18.3 Å². The van der Waals surface area contributed by atoms with Crippen molar-refractivity contribution in [1.29, 1.82) is 10.5 Å². The van der Waals surface area contributed by atoms with E-state index in [1.54, 1.807) is 25.6 Å². The SMILES string of the molecule is CCCC(C)(C#N)N=NC(C)(C#N)CC.CCSC(=S)SSC(=S)SCCC(=O)O.O=C=O.O=C=O. The first-order chi connectivity index (χ1) is 16.8. The van der Waals surface area contributed by atoms with Crippen LogP contribution in [0.15, 0.2) is 10.2 Å². The van der Waals surface area contributed by atoms with Crippen molar-refractivity contribution >= 4 is 94.9 Å². The molecule has 200 valence electrons. The third kappa shape index (κ3) is 30.4. The van der Waals surface area contributed by atoms with Crippen molar-refractivity contribution in [3.8, 4) is 12.1 Å². The van der Waals surface area contributed by atoms with Crippen LogP contribution in [0.5, 0.6) is 0 Å². The minimum absolute atomic E-state index is 0.143. The maximum Gasteiger partial charge on any atom is 0.373 e. The molecule has 10 nitrogen and oxygen atoms in total. The molecule has 0 bridgehead atoms. The van der Waals surface area contributed by atoms with E-state index in [0.717, 1.165) is 19.2 Å². The quantitative estimate of drug-likeness (QED) is 0.183. The molecule has 0 aliphatic heterocycles. The zero-order valence-electron chi connectivity index (χ0n) is 20.5. The Kier molecular flexibility index (Phi) is 32.3. The molecule has 2 unspecified atom stereocenters. The summed E-state index contributed by atoms with van der Waals surface area (Å²) in [5.74, 6) is 0.695. The van der Waals surface area contributed by atoms with Gasteiger partial charge < -0.3 is 5.11 Å². The lowest BCUT2D eigenvalue weighted by atomic mass is 9.99. The molecular weight excluding hydrogens is 585 g/mol. The number of thiocarbonyl (C=S) groups is 2. The first-order valence-electron chi connectivity index (χ1n) is 9.99. The topological polar surface area (TPSA) is 178 Å². The maximum absolute atomic E-state index is 10.2. The van der Waals surface area contributed by atoms with Gasteiger partial charge in [-0.15, -0.1) is 23.5 Å². The fourth-order valence-corrected chi connectivity index (χ4v) is 6.37. The van der Waals surface area contributed by atoms with Gasteiger partial charge in [-0.05, 0) is 54.0 Å². The van der Waals surface area contributed by atoms with Crippen LogP contribution in [0.2, 0.25) is 0 Å². The van der Waals surface area contributed by atoms with Gasteiger partial charge in [0.25, 0.3) is 0 Å². The molecular formula is C20H28N4O6S6. The number of nitriles is 2. The molecule has 36 heavy (non-hydrogen) atoms. The fraction of sp³-hybridized carbons (Fsp3) is 0.650. The predicted octanol–water partition coefficient (Wildman–Crippen LogP) is 5.94. The van der Waals surface area contributed by atoms with Crippen molar-refractivity contribution in [2.45, 2.75) is 71.4 Å². The van der Waals surface area contributed by atoms with Gasteiger partial charge in [-0.3, -0.25) is 4.79 Å². The van der Waals surface area contributed by atoms with Crippen LogP contribution < -0.4 is 0 Å². The number of hydrogen-bond donors (Lipinski definition) is 1. The predicted molar refractivity (Wildman–Crippen MR) is 151 cm³/mol. The summed E-state index contributed by atoms with van der Waals surface area (Å²) in [6.07, 6.45) is 2.78. The van der Waals surface area contributed by atoms with Gasteiger partial charge in [0, 0.05) is 5.75 Å². The van der Waals surface area contributed by atoms with E-state index >= 15 is 0 Å². The summed E-state index contributed by atoms with van der Waals surface area (Å²) in [5, 5.41) is 34.3. The molecule has 0 amide bonds. The van der Waals surface area contributed by atoms with E-state index in [9.17, 15) is 4.79 Å². The molecule has 0 aliphatic rings. The molecule has 0 fully saturated rings. The van der Waals surface area contributed by atoms with Crippen molar-refractivity contribution in [2.24, 2.45) is 10.2 Å². The molecule has 0 saturated carbocycles. The second kappa shape index (κ2) is 28.0. The summed E-state index contributed by atoms with van der Waals surface area (Å²) < 4.78 is 1.60. The Balaban J connectivity index is -0.000000233. The van der Waals surface area contributed by atoms with Crippen LogP contribution in [0.25, 0.3) is 0 Å². The number of hydrogen-bond acceptors (Lipinski definition) is 15. The molecule has 0 spiro atoms. The lowest BCUT2D eigenvalue weighted by molar-refractivity contribution is -0.193. The Hall–Kier alpha value is -1.61. The summed E-state index contributed by atoms with van der Waals surface area (Å²) in [7, 11) is 2.90. The van der Waals surface area contributed by atoms with E-state index < -0.39 is 17.0 Å². The van der Waals surface area contributed by atoms with Gasteiger partial charge in [0.05, 0.1) is 18.6 Å². The second-order valence-corrected chi connectivity index (χ2v) is 13.2. The van der Waals surface area contributed by atoms with E-state index in [4.69, 9.17) is 59.2 Å². The minimum Gasteiger partial charge on any atom is -0.481 e. The van der Waals surface area contributed by atoms with E-state index in [-0.39, 0.29) is 18.7 Å². The van der Waals surface area contributed by atoms with Crippen molar-refractivity contribution in [1.82, 2.24) is 0 Å². The third-order valence-electron chi connectivity index (χ3n) is 3.37. The highest BCUT2D eigenvalue weighted by Gasteiger charge is 2.26. The van der Waals surface area contributed by atoms with Gasteiger partial charge in [-0.25, -0.2) is 0 Å². The van der Waals surface area contributed by atoms with Crippen LogP contribution in [-0.2, 0) is 24.0 Å². The molecule has 0 saturated heterocycles. The zero-order chi connectivity index (χ0) is 29.0. The highest BCUT2D eigenvalue weighted by atomic mass is 33.1. The summed E-state index contributed by atoms with van der Waals surface area (Å²) in [6.45, 7) is 9.38. The van der Waals surface area contributed by atoms with Crippen LogP contribution >= 0.6 is 69.5 Å². The standard InChI is InChI=1S/C11H18N4.C7H10O2S6.2CO2/c1-5-7-11(4,9-13)15-14-10(3,6-2)8-12;1-2-12-6(10)14-15-7(11)13-4-3-5(8)9;2*2-1-3/h5-7H2,1-4H3;2-4H2,1H3,(H,8,9);;. The van der Waals surface area contributed by atoms with Crippen LogP contribution in [0.1, 0.15) is 60.3 Å². The number of carbonyl (C=O) groups is 1. The summed E-state index contributed by atoms with van der Waals surface area (Å²) in [5.41, 5.74) is -1.59. The lowest BCUT2D eigenvalue weighted by Gasteiger charge is -2.17. The number of thioether (sulfide) groups is 2. The van der Waals surface area contributed by atoms with Crippen molar-refractivity contribution in [2.75, 3.05) is 11.5 Å². The number of azo groups is 1. The average Bonchev–Trinajstić information content (AvgIpc) is 2.83. The van der Waals surface area contributed by atoms with E-state index in [2.05, 4.69) is 22.4 Å². The summed E-state index contributed by atoms with van der Waals surface area (Å²) in [4.78, 5) is 42.7. The number of carboxylic acid groups (broad SMARTS) is 1. The summed E-state index contributed by atoms with van der Waals surface area (Å²) >= 11 is 13.1. The molecule has 0 rings (SSSR count). The first kappa shape index (κ1) is 41.5. The lowest BCUT2D eigenvalue weighted by Crippen LogP contribution is -2.22. The van der Waals surface area contributed by atoms with E-state index in [0.29, 0.717) is 18.6 Å². The van der Waals surface area contributed by atoms with Crippen LogP contribution in [0.4, 0.5) is 0 Å². The van der Waals surface area contributed by atoms with Crippen molar-refractivity contribution < 1.29 is 29.1 Å². The highest BCUT2D eigenvalue weighted by molar-refractivity contribution is 8.96. The Bertz CT molecular complexity index is 837. The van der Waals surface area contributed by atoms with Crippen LogP contribution in [-0.4, -0.2) is 53.0 Å². The number of aliphatic carboxylic acids is 1. The molecule has 2 atom stereocenters. The molecule has 0 aromatic carbocycles. The molecule has 0 aliphatic carbocycles. The monoisotopic (exact) mass is 612 g/mol. The number of carboxylic acids is 1. The molecule has 0 aromatic heterocycles. The molecule has 1 N–H and O–H groups in total. The second-order valence-electron chi connectivity index (χ2n) is 6.33. The van der Waals surface area contributed by atoms with Gasteiger partial charge in [0.1, 0.15) is 7.06 Å². The van der Waals surface area contributed by atoms with E-state index in [1.807, 2.05) is 20.8 Å². The van der Waals surface area contributed by atoms with Gasteiger partial charge in [-0.2, -0.15) is 39.9 Å². The van der Waals surface area contributed by atoms with E-state index in [1.165, 1.54) is 33.3 Å².